The van der Waals surface area contributed by atoms with Gasteiger partial charge in [-0.1, -0.05) is 6.92 Å². The highest BCUT2D eigenvalue weighted by Gasteiger charge is 2.28. The van der Waals surface area contributed by atoms with E-state index in [2.05, 4.69) is 0 Å². The molecule has 4 N–H and O–H groups in total. The Morgan fingerprint density at radius 3 is 2.22 bits per heavy atom. The molecule has 0 aliphatic carbocycles. The van der Waals surface area contributed by atoms with Gasteiger partial charge in [0.25, 0.3) is 0 Å². The highest BCUT2D eigenvalue weighted by atomic mass is 16.5. The molecule has 2 aromatic rings. The second-order valence-electron chi connectivity index (χ2n) is 9.33. The minimum atomic E-state index is -0.643. The van der Waals surface area contributed by atoms with Gasteiger partial charge in [0.15, 0.2) is 17.3 Å². The van der Waals surface area contributed by atoms with Crippen LogP contribution in [0.3, 0.4) is 0 Å². The molecule has 0 aliphatic rings. The summed E-state index contributed by atoms with van der Waals surface area (Å²) in [6.07, 6.45) is 0.775. The molecule has 1 amide bonds. The van der Waals surface area contributed by atoms with Crippen molar-refractivity contribution in [3.05, 3.63) is 46.5 Å². The maximum absolute atomic E-state index is 13.6. The van der Waals surface area contributed by atoms with Crippen molar-refractivity contribution in [3.63, 3.8) is 0 Å². The molecule has 0 aromatic heterocycles. The van der Waals surface area contributed by atoms with E-state index in [1.165, 1.54) is 20.3 Å². The monoisotopic (exact) mass is 502 g/mol. The van der Waals surface area contributed by atoms with Crippen molar-refractivity contribution in [2.24, 2.45) is 5.73 Å². The molecule has 0 aliphatic heterocycles. The summed E-state index contributed by atoms with van der Waals surface area (Å²) in [6.45, 7) is 6.65. The second kappa shape index (κ2) is 12.6. The molecule has 2 aromatic carbocycles. The maximum atomic E-state index is 13.6. The molecule has 0 fully saturated rings. The third-order valence-electron chi connectivity index (χ3n) is 5.79. The maximum Gasteiger partial charge on any atom is 0.227 e. The van der Waals surface area contributed by atoms with E-state index in [1.807, 2.05) is 20.8 Å². The topological polar surface area (TPSA) is 132 Å². The van der Waals surface area contributed by atoms with Gasteiger partial charge in [-0.25, -0.2) is 0 Å². The van der Waals surface area contributed by atoms with Gasteiger partial charge in [0.2, 0.25) is 5.91 Å². The van der Waals surface area contributed by atoms with Gasteiger partial charge in [-0.3, -0.25) is 9.59 Å². The Morgan fingerprint density at radius 2 is 1.67 bits per heavy atom. The number of ketones is 1. The molecule has 0 unspecified atom stereocenters. The normalized spacial score (nSPS) is 11.3. The number of methoxy groups -OCH3 is 3. The summed E-state index contributed by atoms with van der Waals surface area (Å²) in [5.74, 6) is -0.556. The van der Waals surface area contributed by atoms with Gasteiger partial charge < -0.3 is 35.1 Å². The van der Waals surface area contributed by atoms with E-state index >= 15 is 0 Å². The van der Waals surface area contributed by atoms with Crippen LogP contribution in [0.4, 0.5) is 0 Å². The number of benzene rings is 2. The van der Waals surface area contributed by atoms with Crippen LogP contribution in [0.15, 0.2) is 24.3 Å². The lowest BCUT2D eigenvalue weighted by Crippen LogP contribution is -2.48. The third-order valence-corrected chi connectivity index (χ3v) is 5.79. The molecule has 198 valence electrons. The summed E-state index contributed by atoms with van der Waals surface area (Å²) < 4.78 is 15.7. The van der Waals surface area contributed by atoms with Gasteiger partial charge in [0.05, 0.1) is 26.2 Å². The molecule has 0 atom stereocenters. The summed E-state index contributed by atoms with van der Waals surface area (Å²) >= 11 is 0. The first-order valence-electron chi connectivity index (χ1n) is 11.9. The summed E-state index contributed by atoms with van der Waals surface area (Å²) in [4.78, 5) is 28.7. The number of hydrogen-bond donors (Lipinski definition) is 3. The Morgan fingerprint density at radius 1 is 1.00 bits per heavy atom. The van der Waals surface area contributed by atoms with E-state index in [-0.39, 0.29) is 34.8 Å². The fourth-order valence-corrected chi connectivity index (χ4v) is 4.16. The zero-order chi connectivity index (χ0) is 27.0. The number of aromatic hydroxyl groups is 2. The van der Waals surface area contributed by atoms with Crippen LogP contribution in [0.25, 0.3) is 0 Å². The highest BCUT2D eigenvalue weighted by Crippen LogP contribution is 2.36. The van der Waals surface area contributed by atoms with Crippen molar-refractivity contribution in [1.29, 1.82) is 0 Å². The summed E-state index contributed by atoms with van der Waals surface area (Å²) in [5.41, 5.74) is 6.47. The minimum absolute atomic E-state index is 0.0333. The number of ether oxygens (including phenoxy) is 3. The van der Waals surface area contributed by atoms with Gasteiger partial charge in [0.1, 0.15) is 11.5 Å². The van der Waals surface area contributed by atoms with Crippen molar-refractivity contribution in [2.45, 2.75) is 45.6 Å². The second-order valence-corrected chi connectivity index (χ2v) is 9.33. The average molecular weight is 503 g/mol. The fraction of sp³-hybridized carbons (Fsp3) is 0.481. The Hall–Kier alpha value is -3.30. The summed E-state index contributed by atoms with van der Waals surface area (Å²) in [5, 5.41) is 21.3. The predicted octanol–water partition coefficient (Wildman–Crippen LogP) is 3.05. The quantitative estimate of drug-likeness (QED) is 0.281. The Bertz CT molecular complexity index is 1080. The molecule has 0 saturated carbocycles. The molecule has 0 saturated heterocycles. The average Bonchev–Trinajstić information content (AvgIpc) is 2.82. The van der Waals surface area contributed by atoms with Crippen LogP contribution in [-0.4, -0.2) is 73.4 Å². The van der Waals surface area contributed by atoms with Crippen LogP contribution >= 0.6 is 0 Å². The van der Waals surface area contributed by atoms with E-state index in [9.17, 15) is 19.8 Å². The number of phenols is 2. The zero-order valence-electron chi connectivity index (χ0n) is 22.0. The van der Waals surface area contributed by atoms with Gasteiger partial charge >= 0.3 is 0 Å². The number of rotatable bonds is 13. The van der Waals surface area contributed by atoms with Gasteiger partial charge in [-0.15, -0.1) is 0 Å². The molecule has 9 heteroatoms. The predicted molar refractivity (Wildman–Crippen MR) is 137 cm³/mol. The molecule has 0 bridgehead atoms. The lowest BCUT2D eigenvalue weighted by atomic mass is 9.89. The van der Waals surface area contributed by atoms with Crippen LogP contribution in [0.2, 0.25) is 0 Å². The number of carbonyl (C=O) groups is 2. The van der Waals surface area contributed by atoms with Gasteiger partial charge in [0, 0.05) is 44.0 Å². The van der Waals surface area contributed by atoms with Crippen molar-refractivity contribution >= 4 is 11.7 Å². The molecular formula is C27H38N2O7. The lowest BCUT2D eigenvalue weighted by Gasteiger charge is -2.30. The summed E-state index contributed by atoms with van der Waals surface area (Å²) in [6, 6.07) is 5.80. The van der Waals surface area contributed by atoms with E-state index in [0.29, 0.717) is 49.6 Å². The Kier molecular flexibility index (Phi) is 10.1. The molecule has 9 nitrogen and oxygen atoms in total. The number of nitrogens with two attached hydrogens (primary N) is 1. The zero-order valence-corrected chi connectivity index (χ0v) is 22.0. The van der Waals surface area contributed by atoms with Crippen LogP contribution in [-0.2, 0) is 22.4 Å². The van der Waals surface area contributed by atoms with E-state index in [1.54, 1.807) is 24.1 Å². The highest BCUT2D eigenvalue weighted by molar-refractivity contribution is 6.12. The van der Waals surface area contributed by atoms with E-state index in [4.69, 9.17) is 19.9 Å². The van der Waals surface area contributed by atoms with Crippen LogP contribution in [0.5, 0.6) is 23.0 Å². The van der Waals surface area contributed by atoms with Crippen molar-refractivity contribution in [2.75, 3.05) is 41.0 Å². The first-order valence-corrected chi connectivity index (χ1v) is 11.9. The van der Waals surface area contributed by atoms with Gasteiger partial charge in [-0.2, -0.15) is 0 Å². The first-order chi connectivity index (χ1) is 17.0. The standard InChI is InChI=1S/C27H38N2O7/c1-7-18-19(14-24(32)29(11-8-12-34-4)16-27(2,3)28)25(21(31)15-20(18)30)26(33)17-9-10-22(35-5)23(13-17)36-6/h9-10,13,15,30-31H,7-8,11-12,14,16,28H2,1-6H3. The molecule has 36 heavy (non-hydrogen) atoms. The van der Waals surface area contributed by atoms with Crippen molar-refractivity contribution in [3.8, 4) is 23.0 Å². The SMILES string of the molecule is CCc1c(O)cc(O)c(C(=O)c2ccc(OC)c(OC)c2)c1CC(=O)N(CCCOC)CC(C)(C)N. The molecule has 2 rings (SSSR count). The van der Waals surface area contributed by atoms with Crippen molar-refractivity contribution in [1.82, 2.24) is 4.90 Å². The molecular weight excluding hydrogens is 464 g/mol. The number of carbonyl (C=O) groups excluding carboxylic acids is 2. The Labute approximate surface area is 212 Å². The third kappa shape index (κ3) is 7.11. The first kappa shape index (κ1) is 28.9. The van der Waals surface area contributed by atoms with Crippen LogP contribution < -0.4 is 15.2 Å². The molecule has 0 radical (unpaired) electrons. The molecule has 0 heterocycles. The number of nitrogens with zero attached hydrogens (tertiary/aromatic N) is 1. The lowest BCUT2D eigenvalue weighted by molar-refractivity contribution is -0.131. The fourth-order valence-electron chi connectivity index (χ4n) is 4.16. The summed E-state index contributed by atoms with van der Waals surface area (Å²) in [7, 11) is 4.54. The van der Waals surface area contributed by atoms with E-state index < -0.39 is 17.1 Å². The number of amides is 1. The van der Waals surface area contributed by atoms with Crippen LogP contribution in [0.1, 0.15) is 54.2 Å². The smallest absolute Gasteiger partial charge is 0.227 e. The molecule has 0 spiro atoms. The van der Waals surface area contributed by atoms with Crippen LogP contribution in [0, 0.1) is 0 Å². The number of phenolic OH excluding ortho intramolecular Hbond substituents is 2. The van der Waals surface area contributed by atoms with Crippen molar-refractivity contribution < 1.29 is 34.0 Å². The van der Waals surface area contributed by atoms with E-state index in [0.717, 1.165) is 6.07 Å². The Balaban J connectivity index is 2.56. The van der Waals surface area contributed by atoms with Gasteiger partial charge in [-0.05, 0) is 56.0 Å². The number of hydrogen-bond acceptors (Lipinski definition) is 8. The largest absolute Gasteiger partial charge is 0.508 e. The minimum Gasteiger partial charge on any atom is -0.508 e.